The van der Waals surface area contributed by atoms with Crippen LogP contribution < -0.4 is 19.7 Å². The lowest BCUT2D eigenvalue weighted by Crippen LogP contribution is -2.54. The van der Waals surface area contributed by atoms with Crippen LogP contribution in [0.4, 0.5) is 10.1 Å². The maximum atomic E-state index is 13.2. The normalized spacial score (nSPS) is 14.8. The maximum absolute atomic E-state index is 13.2. The Morgan fingerprint density at radius 1 is 1.06 bits per heavy atom. The van der Waals surface area contributed by atoms with Crippen LogP contribution in [-0.4, -0.2) is 23.5 Å². The molecule has 3 aromatic carbocycles. The molecule has 1 saturated heterocycles. The molecule has 0 radical (unpaired) electrons. The van der Waals surface area contributed by atoms with E-state index in [-0.39, 0.29) is 23.1 Å². The van der Waals surface area contributed by atoms with Gasteiger partial charge in [0.25, 0.3) is 11.8 Å². The molecule has 3 aromatic rings. The van der Waals surface area contributed by atoms with Crippen LogP contribution in [0, 0.1) is 9.39 Å². The molecule has 0 spiro atoms. The summed E-state index contributed by atoms with van der Waals surface area (Å²) in [7, 11) is 0. The average molecular weight is 602 g/mol. The number of anilines is 1. The Hall–Kier alpha value is -3.31. The second-order valence-corrected chi connectivity index (χ2v) is 9.02. The molecule has 0 atom stereocenters. The van der Waals surface area contributed by atoms with Crippen molar-refractivity contribution in [2.45, 2.75) is 13.5 Å². The molecular formula is C26H20FIN2O4S. The molecule has 1 fully saturated rings. The molecule has 178 valence electrons. The van der Waals surface area contributed by atoms with Crippen molar-refractivity contribution < 1.29 is 23.5 Å². The fraction of sp³-hybridized carbons (Fsp3) is 0.115. The number of nitrogens with one attached hydrogen (secondary N) is 1. The van der Waals surface area contributed by atoms with Crippen molar-refractivity contribution in [1.82, 2.24) is 5.32 Å². The van der Waals surface area contributed by atoms with Gasteiger partial charge < -0.3 is 9.47 Å². The Bertz CT molecular complexity index is 1310. The second-order valence-electron chi connectivity index (χ2n) is 7.47. The summed E-state index contributed by atoms with van der Waals surface area (Å²) in [4.78, 5) is 27.2. The lowest BCUT2D eigenvalue weighted by Gasteiger charge is -2.28. The highest BCUT2D eigenvalue weighted by atomic mass is 127. The van der Waals surface area contributed by atoms with E-state index in [2.05, 4.69) is 27.9 Å². The number of carbonyl (C=O) groups excluding carboxylic acids is 2. The van der Waals surface area contributed by atoms with Gasteiger partial charge in [-0.25, -0.2) is 4.39 Å². The van der Waals surface area contributed by atoms with Crippen LogP contribution in [0.5, 0.6) is 11.5 Å². The zero-order chi connectivity index (χ0) is 24.9. The second kappa shape index (κ2) is 11.0. The van der Waals surface area contributed by atoms with Gasteiger partial charge in [0, 0.05) is 0 Å². The predicted molar refractivity (Wildman–Crippen MR) is 144 cm³/mol. The zero-order valence-corrected chi connectivity index (χ0v) is 21.6. The highest BCUT2D eigenvalue weighted by Crippen LogP contribution is 2.36. The van der Waals surface area contributed by atoms with Gasteiger partial charge in [-0.05, 0) is 95.3 Å². The fourth-order valence-electron chi connectivity index (χ4n) is 3.45. The van der Waals surface area contributed by atoms with Gasteiger partial charge in [-0.15, -0.1) is 0 Å². The number of benzene rings is 3. The lowest BCUT2D eigenvalue weighted by molar-refractivity contribution is -0.122. The van der Waals surface area contributed by atoms with Gasteiger partial charge in [0.05, 0.1) is 15.9 Å². The van der Waals surface area contributed by atoms with Gasteiger partial charge in [0.2, 0.25) is 0 Å². The van der Waals surface area contributed by atoms with Gasteiger partial charge in [0.1, 0.15) is 18.0 Å². The van der Waals surface area contributed by atoms with E-state index >= 15 is 0 Å². The first-order chi connectivity index (χ1) is 16.9. The molecule has 0 saturated carbocycles. The van der Waals surface area contributed by atoms with Gasteiger partial charge in [-0.1, -0.05) is 30.3 Å². The van der Waals surface area contributed by atoms with Crippen molar-refractivity contribution >= 4 is 63.5 Å². The van der Waals surface area contributed by atoms with Crippen molar-refractivity contribution in [3.63, 3.8) is 0 Å². The summed E-state index contributed by atoms with van der Waals surface area (Å²) in [6, 6.07) is 18.4. The van der Waals surface area contributed by atoms with Crippen LogP contribution in [0.25, 0.3) is 6.08 Å². The minimum atomic E-state index is -0.572. The molecule has 0 aliphatic carbocycles. The van der Waals surface area contributed by atoms with E-state index in [1.165, 1.54) is 23.1 Å². The molecule has 1 heterocycles. The SMILES string of the molecule is CCOc1cc(/C=C2/C(=O)NC(=S)N(c3ccccc3)C2=O)cc(I)c1OCc1ccc(F)cc1. The quantitative estimate of drug-likeness (QED) is 0.174. The first-order valence-electron chi connectivity index (χ1n) is 10.7. The van der Waals surface area contributed by atoms with Crippen LogP contribution in [0.3, 0.4) is 0 Å². The van der Waals surface area contributed by atoms with Gasteiger partial charge in [0.15, 0.2) is 16.6 Å². The first-order valence-corrected chi connectivity index (χ1v) is 12.2. The minimum Gasteiger partial charge on any atom is -0.490 e. The van der Waals surface area contributed by atoms with Crippen LogP contribution in [0.1, 0.15) is 18.1 Å². The lowest BCUT2D eigenvalue weighted by atomic mass is 10.1. The smallest absolute Gasteiger partial charge is 0.270 e. The van der Waals surface area contributed by atoms with Crippen molar-refractivity contribution in [3.8, 4) is 11.5 Å². The molecule has 1 N–H and O–H groups in total. The van der Waals surface area contributed by atoms with Crippen molar-refractivity contribution in [2.75, 3.05) is 11.5 Å². The Balaban J connectivity index is 1.65. The molecular weight excluding hydrogens is 582 g/mol. The van der Waals surface area contributed by atoms with E-state index < -0.39 is 11.8 Å². The zero-order valence-electron chi connectivity index (χ0n) is 18.6. The van der Waals surface area contributed by atoms with Gasteiger partial charge in [-0.2, -0.15) is 0 Å². The van der Waals surface area contributed by atoms with E-state index in [1.807, 2.05) is 13.0 Å². The molecule has 1 aliphatic heterocycles. The van der Waals surface area contributed by atoms with Crippen LogP contribution >= 0.6 is 34.8 Å². The predicted octanol–water partition coefficient (Wildman–Crippen LogP) is 5.24. The first kappa shape index (κ1) is 24.8. The van der Waals surface area contributed by atoms with Gasteiger partial charge >= 0.3 is 0 Å². The highest BCUT2D eigenvalue weighted by molar-refractivity contribution is 14.1. The molecule has 4 rings (SSSR count). The number of amides is 2. The Labute approximate surface area is 220 Å². The van der Waals surface area contributed by atoms with Gasteiger partial charge in [-0.3, -0.25) is 19.8 Å². The summed E-state index contributed by atoms with van der Waals surface area (Å²) in [6.45, 7) is 2.46. The standard InChI is InChI=1S/C26H20FIN2O4S/c1-2-33-22-14-17(13-21(28)23(22)34-15-16-8-10-18(27)11-9-16)12-20-24(31)29-26(35)30(25(20)32)19-6-4-3-5-7-19/h3-14H,2,15H2,1H3,(H,29,31,35)/b20-12-. The molecule has 2 amide bonds. The summed E-state index contributed by atoms with van der Waals surface area (Å²) in [6.07, 6.45) is 1.50. The number of hydrogen-bond acceptors (Lipinski definition) is 5. The summed E-state index contributed by atoms with van der Waals surface area (Å²) in [5, 5.41) is 2.61. The molecule has 6 nitrogen and oxygen atoms in total. The number of carbonyl (C=O) groups is 2. The third kappa shape index (κ3) is 5.68. The summed E-state index contributed by atoms with van der Waals surface area (Å²) in [5.74, 6) is -0.423. The van der Waals surface area contributed by atoms with E-state index in [0.717, 1.165) is 9.13 Å². The van der Waals surface area contributed by atoms with Crippen molar-refractivity contribution in [1.29, 1.82) is 0 Å². The van der Waals surface area contributed by atoms with E-state index in [9.17, 15) is 14.0 Å². The van der Waals surface area contributed by atoms with E-state index in [0.29, 0.717) is 29.4 Å². The topological polar surface area (TPSA) is 67.9 Å². The van der Waals surface area contributed by atoms with Crippen LogP contribution in [0.15, 0.2) is 72.3 Å². The number of thiocarbonyl (C=S) groups is 1. The fourth-order valence-corrected chi connectivity index (χ4v) is 4.51. The minimum absolute atomic E-state index is 0.0254. The molecule has 9 heteroatoms. The van der Waals surface area contributed by atoms with Crippen LogP contribution in [0.2, 0.25) is 0 Å². The number of rotatable bonds is 7. The van der Waals surface area contributed by atoms with Crippen LogP contribution in [-0.2, 0) is 16.2 Å². The van der Waals surface area contributed by atoms with Crippen molar-refractivity contribution in [3.05, 3.63) is 92.8 Å². The molecule has 0 bridgehead atoms. The number of ether oxygens (including phenoxy) is 2. The monoisotopic (exact) mass is 602 g/mol. The third-order valence-corrected chi connectivity index (χ3v) is 6.14. The third-order valence-electron chi connectivity index (χ3n) is 5.06. The number of nitrogens with zero attached hydrogens (tertiary/aromatic N) is 1. The summed E-state index contributed by atoms with van der Waals surface area (Å²) >= 11 is 7.35. The van der Waals surface area contributed by atoms with E-state index in [1.54, 1.807) is 48.5 Å². The Kier molecular flexibility index (Phi) is 7.76. The highest BCUT2D eigenvalue weighted by Gasteiger charge is 2.34. The summed E-state index contributed by atoms with van der Waals surface area (Å²) in [5.41, 5.74) is 1.90. The molecule has 0 unspecified atom stereocenters. The largest absolute Gasteiger partial charge is 0.490 e. The van der Waals surface area contributed by atoms with Crippen molar-refractivity contribution in [2.24, 2.45) is 0 Å². The maximum Gasteiger partial charge on any atom is 0.270 e. The number of hydrogen-bond donors (Lipinski definition) is 1. The number of halogens is 2. The molecule has 0 aromatic heterocycles. The average Bonchev–Trinajstić information content (AvgIpc) is 2.83. The Morgan fingerprint density at radius 2 is 1.77 bits per heavy atom. The van der Waals surface area contributed by atoms with E-state index in [4.69, 9.17) is 21.7 Å². The Morgan fingerprint density at radius 3 is 2.46 bits per heavy atom. The molecule has 1 aliphatic rings. The summed E-state index contributed by atoms with van der Waals surface area (Å²) < 4.78 is 25.7. The molecule has 35 heavy (non-hydrogen) atoms. The number of para-hydroxylation sites is 1.